The van der Waals surface area contributed by atoms with Crippen molar-refractivity contribution in [1.82, 2.24) is 35.1 Å². The number of alkyl carbamates (subject to hydrolysis) is 1. The van der Waals surface area contributed by atoms with Gasteiger partial charge in [-0.2, -0.15) is 9.97 Å². The summed E-state index contributed by atoms with van der Waals surface area (Å²) in [6, 6.07) is 3.82. The molecule has 3 amide bonds. The molecule has 8 unspecified atom stereocenters. The number of nitrogen functional groups attached to an aromatic ring is 2. The minimum atomic E-state index is -5.97. The quantitative estimate of drug-likeness (QED) is 0.00475. The SMILES string of the molecule is COCCOCCOCC(COC(=O)NCC(=O)N[C@H]1C([C@H](O)[C@H](O)CO)O[C@](OP(=O)([O-])OCC2O[C@@H](n3ccc(N)nc3=O)[C@H](O)[C@@H]2O)(C(=O)[O-])C[C@H]1O)OCCOCCOC.COCCOCCOCC(COC(=O)Oc1ccc([N+](=O)[O-])cc1)OCCOCCOC.NCC(=O)N[C@H]1C([C@H](O)[C@H](O)CO)O[C@](OP(=O)([O-])OCC2O[C@@H](n3ccc(N)nc3=O)[C@H](O)[C@@H]2O)(C(=O)[O-])C[C@H]1O.[Na+].[Na+].[Na+].[Na+]. The van der Waals surface area contributed by atoms with E-state index >= 15 is 0 Å². The van der Waals surface area contributed by atoms with Crippen LogP contribution in [0.15, 0.2) is 58.4 Å². The Balaban J connectivity index is 0.00000112. The van der Waals surface area contributed by atoms with E-state index in [1.807, 2.05) is 0 Å². The van der Waals surface area contributed by atoms with Crippen LogP contribution in [0.3, 0.4) is 0 Å². The van der Waals surface area contributed by atoms with E-state index < -0.39 is 254 Å². The zero-order valence-corrected chi connectivity index (χ0v) is 88.4. The van der Waals surface area contributed by atoms with Gasteiger partial charge in [-0.1, -0.05) is 0 Å². The van der Waals surface area contributed by atoms with Gasteiger partial charge in [-0.05, 0) is 24.3 Å². The molecule has 4 fully saturated rings. The Labute approximate surface area is 896 Å². The third kappa shape index (κ3) is 46.1. The smallest absolute Gasteiger partial charge is 0.756 e. The molecule has 3 aromatic rings. The second kappa shape index (κ2) is 70.5. The molecule has 7 rings (SSSR count). The van der Waals surface area contributed by atoms with Gasteiger partial charge in [0.25, 0.3) is 21.3 Å². The van der Waals surface area contributed by atoms with Crippen molar-refractivity contribution < 1.29 is 350 Å². The molecular weight excluding hydrogens is 2010 g/mol. The number of nitro groups is 1. The molecule has 0 saturated carbocycles. The second-order valence-electron chi connectivity index (χ2n) is 29.4. The predicted octanol–water partition coefficient (Wildman–Crippen LogP) is -26.3. The number of phosphoric ester groups is 2. The van der Waals surface area contributed by atoms with Crippen LogP contribution in [0, 0.1) is 10.1 Å². The number of methoxy groups -OCH3 is 4. The van der Waals surface area contributed by atoms with Gasteiger partial charge in [0.2, 0.25) is 23.4 Å². The summed E-state index contributed by atoms with van der Waals surface area (Å²) in [5, 5.41) is 165. The monoisotopic (exact) mass is 2130 g/mol. The second-order valence-corrected chi connectivity index (χ2v) is 32.1. The summed E-state index contributed by atoms with van der Waals surface area (Å²) in [4.78, 5) is 141. The number of nitrogens with one attached hydrogen (secondary N) is 3. The number of aliphatic hydroxyl groups is 12. The average molecular weight is 2130 g/mol. The molecule has 0 radical (unpaired) electrons. The maximum absolute atomic E-state index is 13.0. The first-order valence-electron chi connectivity index (χ1n) is 41.6. The van der Waals surface area contributed by atoms with E-state index in [0.717, 1.165) is 21.5 Å². The summed E-state index contributed by atoms with van der Waals surface area (Å²) in [6.45, 7) is -1.13. The van der Waals surface area contributed by atoms with E-state index in [1.54, 1.807) is 14.2 Å². The van der Waals surface area contributed by atoms with Crippen molar-refractivity contribution in [3.63, 3.8) is 0 Å². The average Bonchev–Trinajstić information content (AvgIpc) is 1.71. The van der Waals surface area contributed by atoms with Crippen LogP contribution in [0.5, 0.6) is 5.75 Å². The van der Waals surface area contributed by atoms with Crippen LogP contribution in [0.4, 0.5) is 26.9 Å². The topological polar surface area (TPSA) is 911 Å². The maximum Gasteiger partial charge on any atom is 1.00 e. The van der Waals surface area contributed by atoms with Gasteiger partial charge in [0, 0.05) is 65.8 Å². The number of anilines is 2. The van der Waals surface area contributed by atoms with Crippen LogP contribution < -0.4 is 187 Å². The summed E-state index contributed by atoms with van der Waals surface area (Å²) in [7, 11) is -5.59. The van der Waals surface area contributed by atoms with Gasteiger partial charge in [-0.15, -0.1) is 0 Å². The molecule has 4 saturated heterocycles. The molecule has 0 spiro atoms. The van der Waals surface area contributed by atoms with Crippen LogP contribution in [-0.2, 0) is 132 Å². The first kappa shape index (κ1) is 135. The number of carboxylic acid groups (broad SMARTS) is 2. The molecule has 4 aliphatic heterocycles. The standard InChI is InChI=1S/C34H58N5O24P.C20H32N5O16P.C20H31NO11.4Na/c1-53-5-7-55-9-10-57-16-19(58-12-11-56-8-6-54-2)17-59-33(50)36-14-24(43)38-25-20(41)13-34(31(47)48,62-29(25)26(44)21(42)15-40)63-64(51,52)60-18-22-27(45)28(46)30(61-22)39-4-3-23(35)37-32(39)49;21-4-11(29)24-12-7(27)3-20(18(33)34,40-16(12)13(30)8(28)5-26)41-42(36,37)38-6-9-14(31)15(32)17(39-9)25-2-1-10(22)23-19(25)35;1-25-7-9-27-11-12-29-15-19(30-14-13-28-10-8-26-2)16-31-20(22)32-18-5-3-17(4-6-18)21(23)24;;;;/h3-4,19-22,25-30,40-42,44-46H,5-18H2,1-2H3,(H,36,50)(H,38,43)(H,47,48)(H,51,52)(H2,35,37,49);1-2,7-9,12-17,26-28,30-32H,3-6,21H2,(H,24,29)(H,33,34)(H,36,37)(H2,22,23,35);3-6,19H,7-16H2,1-2H3;;;;/q;;;4*+1/p-4/t19?,20-,21-,22?,25-,26-,27-,28-,29?,30-,34-;7-,8-,9?,12-,13-,14-,15-,16?,17-,20-;;;;;/m11...../s1. The Morgan fingerprint density at radius 3 is 1.25 bits per heavy atom. The Hall–Kier alpha value is -4.54. The minimum Gasteiger partial charge on any atom is -0.756 e. The molecule has 21 N–H and O–H groups in total. The third-order valence-corrected chi connectivity index (χ3v) is 21.3. The van der Waals surface area contributed by atoms with Crippen LogP contribution in [0.2, 0.25) is 0 Å². The number of aliphatic hydroxyl groups excluding tert-OH is 12. The number of aliphatic carboxylic acids is 2. The van der Waals surface area contributed by atoms with Gasteiger partial charge < -0.3 is 223 Å². The van der Waals surface area contributed by atoms with E-state index in [0.29, 0.717) is 72.7 Å². The Bertz CT molecular complexity index is 4400. The number of hydrogen-bond donors (Lipinski definition) is 18. The van der Waals surface area contributed by atoms with Crippen molar-refractivity contribution in [2.75, 3.05) is 212 Å². The van der Waals surface area contributed by atoms with Crippen LogP contribution >= 0.6 is 15.6 Å². The zero-order valence-electron chi connectivity index (χ0n) is 78.6. The number of non-ortho nitro benzene ring substituents is 1. The Morgan fingerprint density at radius 2 is 0.894 bits per heavy atom. The van der Waals surface area contributed by atoms with E-state index in [4.69, 9.17) is 116 Å². The summed E-state index contributed by atoms with van der Waals surface area (Å²) >= 11 is 0. The van der Waals surface area contributed by atoms with Crippen LogP contribution in [0.1, 0.15) is 25.3 Å². The fourth-order valence-corrected chi connectivity index (χ4v) is 14.3. The van der Waals surface area contributed by atoms with Crippen molar-refractivity contribution >= 4 is 69.0 Å². The molecule has 0 aliphatic carbocycles. The number of rotatable bonds is 61. The predicted molar refractivity (Wildman–Crippen MR) is 441 cm³/mol. The van der Waals surface area contributed by atoms with Crippen LogP contribution in [0.25, 0.3) is 0 Å². The number of nitrogens with zero attached hydrogens (tertiary/aromatic N) is 5. The number of carbonyl (C=O) groups is 6. The number of benzene rings is 1. The number of phosphoric acid groups is 2. The molecule has 1 aromatic carbocycles. The number of carbonyl (C=O) groups excluding carboxylic acids is 6. The molecule has 788 valence electrons. The fraction of sp³-hybridized carbons (Fsp3) is 0.730. The summed E-state index contributed by atoms with van der Waals surface area (Å²) < 4.78 is 145. The number of hydrogen-bond acceptors (Lipinski definition) is 56. The summed E-state index contributed by atoms with van der Waals surface area (Å²) in [6.07, 6.45) is -35.2. The number of nitrogens with two attached hydrogens (primary N) is 3. The summed E-state index contributed by atoms with van der Waals surface area (Å²) in [5.41, 5.74) is 14.0. The van der Waals surface area contributed by atoms with Crippen molar-refractivity contribution in [1.29, 1.82) is 0 Å². The third-order valence-electron chi connectivity index (χ3n) is 19.4. The van der Waals surface area contributed by atoms with E-state index in [9.17, 15) is 139 Å². The number of nitro benzene ring substituents is 1. The number of aromatic nitrogens is 4. The van der Waals surface area contributed by atoms with Crippen LogP contribution in [-0.4, -0.2) is 443 Å². The van der Waals surface area contributed by atoms with Crippen molar-refractivity contribution in [2.45, 2.75) is 147 Å². The largest absolute Gasteiger partial charge is 1.00 e. The summed E-state index contributed by atoms with van der Waals surface area (Å²) in [5.74, 6) is -14.1. The molecule has 24 atom stereocenters. The molecule has 0 bridgehead atoms. The van der Waals surface area contributed by atoms with Gasteiger partial charge in [-0.3, -0.25) is 47.0 Å². The molecule has 62 nitrogen and oxygen atoms in total. The molecule has 68 heteroatoms. The normalized spacial score (nSPS) is 25.0. The Morgan fingerprint density at radius 1 is 0.535 bits per heavy atom. The molecular formula is C74H117N11Na4O51P2. The van der Waals surface area contributed by atoms with E-state index in [2.05, 4.69) is 35.0 Å². The van der Waals surface area contributed by atoms with Crippen molar-refractivity contribution in [2.24, 2.45) is 5.73 Å². The van der Waals surface area contributed by atoms with Crippen molar-refractivity contribution in [3.8, 4) is 5.75 Å². The zero-order chi connectivity index (χ0) is 102. The van der Waals surface area contributed by atoms with Gasteiger partial charge in [0.15, 0.2) is 12.5 Å². The Kier molecular flexibility index (Phi) is 67.3. The van der Waals surface area contributed by atoms with E-state index in [1.165, 1.54) is 50.6 Å². The maximum atomic E-state index is 13.0. The minimum absolute atomic E-state index is 0. The number of ether oxygens (including phenoxy) is 19. The van der Waals surface area contributed by atoms with E-state index in [-0.39, 0.29) is 201 Å². The number of amides is 3. The van der Waals surface area contributed by atoms with Gasteiger partial charge in [0.1, 0.15) is 135 Å². The first-order valence-corrected chi connectivity index (χ1v) is 44.5. The molecule has 6 heterocycles. The number of carboxylic acids is 2. The first-order chi connectivity index (χ1) is 65.5. The molecule has 2 aromatic heterocycles. The van der Waals surface area contributed by atoms with Crippen molar-refractivity contribution in [3.05, 3.63) is 79.9 Å². The molecule has 142 heavy (non-hydrogen) atoms. The fourth-order valence-electron chi connectivity index (χ4n) is 12.4. The van der Waals surface area contributed by atoms with Gasteiger partial charge >= 0.3 is 142 Å². The van der Waals surface area contributed by atoms with Gasteiger partial charge in [0.05, 0.1) is 181 Å². The van der Waals surface area contributed by atoms with Gasteiger partial charge in [-0.25, -0.2) is 19.2 Å². The molecule has 4 aliphatic rings.